The summed E-state index contributed by atoms with van der Waals surface area (Å²) in [6.07, 6.45) is 3.89. The maximum atomic E-state index is 11.7. The number of nitrogens with zero attached hydrogens (tertiary/aromatic N) is 3. The van der Waals surface area contributed by atoms with Gasteiger partial charge in [0.25, 0.3) is 0 Å². The maximum absolute atomic E-state index is 11.7. The molecular weight excluding hydrogens is 206 g/mol. The van der Waals surface area contributed by atoms with Gasteiger partial charge in [0.05, 0.1) is 11.9 Å². The topological polar surface area (TPSA) is 85.8 Å². The fraction of sp³-hybridized carbons (Fsp3) is 0.700. The van der Waals surface area contributed by atoms with Crippen LogP contribution in [0.1, 0.15) is 44.5 Å². The molecular formula is C10H17N5O. The van der Waals surface area contributed by atoms with E-state index in [9.17, 15) is 4.79 Å². The largest absolute Gasteiger partial charge is 0.352 e. The van der Waals surface area contributed by atoms with E-state index in [0.717, 1.165) is 12.8 Å². The summed E-state index contributed by atoms with van der Waals surface area (Å²) in [5.74, 6) is -0.0105. The Hall–Kier alpha value is -1.43. The summed E-state index contributed by atoms with van der Waals surface area (Å²) >= 11 is 0. The quantitative estimate of drug-likeness (QED) is 0.760. The molecule has 1 aliphatic rings. The average molecular weight is 223 g/mol. The van der Waals surface area contributed by atoms with Crippen LogP contribution >= 0.6 is 0 Å². The van der Waals surface area contributed by atoms with E-state index in [0.29, 0.717) is 11.7 Å². The molecule has 2 rings (SSSR count). The highest BCUT2D eigenvalue weighted by atomic mass is 16.2. The lowest BCUT2D eigenvalue weighted by atomic mass is 10.2. The Balaban J connectivity index is 2.01. The minimum Gasteiger partial charge on any atom is -0.352 e. The van der Waals surface area contributed by atoms with E-state index in [1.807, 2.05) is 6.92 Å². The van der Waals surface area contributed by atoms with Crippen LogP contribution in [0, 0.1) is 0 Å². The van der Waals surface area contributed by atoms with Crippen molar-refractivity contribution in [2.45, 2.75) is 44.8 Å². The Morgan fingerprint density at radius 3 is 2.81 bits per heavy atom. The smallest absolute Gasteiger partial charge is 0.244 e. The molecule has 1 fully saturated rings. The van der Waals surface area contributed by atoms with Crippen LogP contribution in [-0.4, -0.2) is 26.9 Å². The summed E-state index contributed by atoms with van der Waals surface area (Å²) in [4.78, 5) is 11.7. The summed E-state index contributed by atoms with van der Waals surface area (Å²) in [5.41, 5.74) is 6.38. The van der Waals surface area contributed by atoms with E-state index in [1.54, 1.807) is 17.8 Å². The molecule has 0 bridgehead atoms. The number of rotatable bonds is 4. The van der Waals surface area contributed by atoms with Gasteiger partial charge in [-0.3, -0.25) is 4.79 Å². The van der Waals surface area contributed by atoms with Crippen molar-refractivity contribution in [3.8, 4) is 0 Å². The standard InChI is InChI=1S/C10H17N5O/c1-6(11)9-5-15(14-13-9)7(2)10(16)12-8-3-4-8/h5-8H,3-4,11H2,1-2H3,(H,12,16). The Bertz CT molecular complexity index is 382. The highest BCUT2D eigenvalue weighted by molar-refractivity contribution is 5.80. The molecule has 1 amide bonds. The van der Waals surface area contributed by atoms with Gasteiger partial charge in [-0.15, -0.1) is 5.10 Å². The van der Waals surface area contributed by atoms with Crippen LogP contribution in [0.3, 0.4) is 0 Å². The first-order chi connectivity index (χ1) is 7.58. The molecule has 3 N–H and O–H groups in total. The molecule has 0 aromatic carbocycles. The second-order valence-electron chi connectivity index (χ2n) is 4.37. The number of carbonyl (C=O) groups is 1. The molecule has 2 unspecified atom stereocenters. The number of amides is 1. The third kappa shape index (κ3) is 2.38. The van der Waals surface area contributed by atoms with Crippen molar-refractivity contribution in [2.24, 2.45) is 5.73 Å². The monoisotopic (exact) mass is 223 g/mol. The molecule has 1 saturated carbocycles. The molecule has 0 radical (unpaired) electrons. The third-order valence-electron chi connectivity index (χ3n) is 2.69. The molecule has 88 valence electrons. The number of hydrogen-bond donors (Lipinski definition) is 2. The van der Waals surface area contributed by atoms with Gasteiger partial charge in [0, 0.05) is 12.1 Å². The van der Waals surface area contributed by atoms with Crippen molar-refractivity contribution in [3.05, 3.63) is 11.9 Å². The number of hydrogen-bond acceptors (Lipinski definition) is 4. The molecule has 0 saturated heterocycles. The second kappa shape index (κ2) is 4.21. The zero-order valence-corrected chi connectivity index (χ0v) is 9.55. The van der Waals surface area contributed by atoms with Crippen LogP contribution in [-0.2, 0) is 4.79 Å². The number of carbonyl (C=O) groups excluding carboxylic acids is 1. The predicted octanol–water partition coefficient (Wildman–Crippen LogP) is 0.137. The van der Waals surface area contributed by atoms with E-state index in [2.05, 4.69) is 15.6 Å². The van der Waals surface area contributed by atoms with Gasteiger partial charge in [0.2, 0.25) is 5.91 Å². The van der Waals surface area contributed by atoms with Crippen molar-refractivity contribution in [3.63, 3.8) is 0 Å². The van der Waals surface area contributed by atoms with Gasteiger partial charge in [0.15, 0.2) is 0 Å². The van der Waals surface area contributed by atoms with Crippen LogP contribution in [0.4, 0.5) is 0 Å². The molecule has 6 nitrogen and oxygen atoms in total. The molecule has 16 heavy (non-hydrogen) atoms. The molecule has 1 aliphatic carbocycles. The Labute approximate surface area is 94.2 Å². The van der Waals surface area contributed by atoms with Crippen molar-refractivity contribution in [1.29, 1.82) is 0 Å². The minimum atomic E-state index is -0.333. The molecule has 0 aliphatic heterocycles. The van der Waals surface area contributed by atoms with E-state index < -0.39 is 0 Å². The predicted molar refractivity (Wildman–Crippen MR) is 58.5 cm³/mol. The maximum Gasteiger partial charge on any atom is 0.244 e. The van der Waals surface area contributed by atoms with Crippen molar-refractivity contribution >= 4 is 5.91 Å². The lowest BCUT2D eigenvalue weighted by molar-refractivity contribution is -0.124. The summed E-state index contributed by atoms with van der Waals surface area (Å²) in [5, 5.41) is 10.8. The van der Waals surface area contributed by atoms with E-state index >= 15 is 0 Å². The van der Waals surface area contributed by atoms with Gasteiger partial charge < -0.3 is 11.1 Å². The number of nitrogens with two attached hydrogens (primary N) is 1. The van der Waals surface area contributed by atoms with E-state index in [4.69, 9.17) is 5.73 Å². The highest BCUT2D eigenvalue weighted by Gasteiger charge is 2.26. The first-order valence-electron chi connectivity index (χ1n) is 5.55. The molecule has 0 spiro atoms. The fourth-order valence-electron chi connectivity index (χ4n) is 1.36. The zero-order valence-electron chi connectivity index (χ0n) is 9.55. The Morgan fingerprint density at radius 1 is 1.62 bits per heavy atom. The molecule has 1 aromatic heterocycles. The van der Waals surface area contributed by atoms with Gasteiger partial charge in [-0.05, 0) is 26.7 Å². The minimum absolute atomic E-state index is 0.0105. The second-order valence-corrected chi connectivity index (χ2v) is 4.37. The van der Waals surface area contributed by atoms with Crippen molar-refractivity contribution in [1.82, 2.24) is 20.3 Å². The van der Waals surface area contributed by atoms with Gasteiger partial charge in [-0.1, -0.05) is 5.21 Å². The lowest BCUT2D eigenvalue weighted by Crippen LogP contribution is -2.32. The fourth-order valence-corrected chi connectivity index (χ4v) is 1.36. The third-order valence-corrected chi connectivity index (χ3v) is 2.69. The summed E-state index contributed by atoms with van der Waals surface area (Å²) in [7, 11) is 0. The van der Waals surface area contributed by atoms with Crippen LogP contribution in [0.15, 0.2) is 6.20 Å². The first kappa shape index (κ1) is 11.1. The lowest BCUT2D eigenvalue weighted by Gasteiger charge is -2.11. The molecule has 6 heteroatoms. The van der Waals surface area contributed by atoms with E-state index in [1.165, 1.54) is 0 Å². The van der Waals surface area contributed by atoms with Crippen LogP contribution < -0.4 is 11.1 Å². The molecule has 2 atom stereocenters. The van der Waals surface area contributed by atoms with Crippen LogP contribution in [0.25, 0.3) is 0 Å². The van der Waals surface area contributed by atoms with Crippen LogP contribution in [0.2, 0.25) is 0 Å². The van der Waals surface area contributed by atoms with Gasteiger partial charge in [-0.25, -0.2) is 4.68 Å². The molecule has 1 heterocycles. The van der Waals surface area contributed by atoms with Gasteiger partial charge >= 0.3 is 0 Å². The molecule has 1 aromatic rings. The van der Waals surface area contributed by atoms with Crippen molar-refractivity contribution in [2.75, 3.05) is 0 Å². The van der Waals surface area contributed by atoms with Crippen LogP contribution in [0.5, 0.6) is 0 Å². The summed E-state index contributed by atoms with van der Waals surface area (Å²) in [6, 6.07) is -0.126. The number of aromatic nitrogens is 3. The first-order valence-corrected chi connectivity index (χ1v) is 5.55. The van der Waals surface area contributed by atoms with Gasteiger partial charge in [-0.2, -0.15) is 0 Å². The SMILES string of the molecule is CC(N)c1cn(C(C)C(=O)NC2CC2)nn1. The van der Waals surface area contributed by atoms with E-state index in [-0.39, 0.29) is 18.0 Å². The normalized spacial score (nSPS) is 19.2. The summed E-state index contributed by atoms with van der Waals surface area (Å²) in [6.45, 7) is 3.64. The summed E-state index contributed by atoms with van der Waals surface area (Å²) < 4.78 is 1.55. The Morgan fingerprint density at radius 2 is 2.31 bits per heavy atom. The zero-order chi connectivity index (χ0) is 11.7. The Kier molecular flexibility index (Phi) is 2.91. The number of nitrogens with one attached hydrogen (secondary N) is 1. The highest BCUT2D eigenvalue weighted by Crippen LogP contribution is 2.20. The van der Waals surface area contributed by atoms with Crippen molar-refractivity contribution < 1.29 is 4.79 Å². The average Bonchev–Trinajstić information content (AvgIpc) is 2.91. The van der Waals surface area contributed by atoms with Gasteiger partial charge in [0.1, 0.15) is 6.04 Å².